The van der Waals surface area contributed by atoms with E-state index in [1.807, 2.05) is 55.6 Å². The van der Waals surface area contributed by atoms with Crippen molar-refractivity contribution < 1.29 is 0 Å². The van der Waals surface area contributed by atoms with Crippen LogP contribution in [0.1, 0.15) is 18.5 Å². The second kappa shape index (κ2) is 5.07. The molecule has 0 spiro atoms. The quantitative estimate of drug-likeness (QED) is 0.393. The van der Waals surface area contributed by atoms with E-state index in [4.69, 9.17) is 5.53 Å². The summed E-state index contributed by atoms with van der Waals surface area (Å²) in [5.74, 6) is 0. The van der Waals surface area contributed by atoms with E-state index < -0.39 is 0 Å². The molecule has 0 radical (unpaired) electrons. The van der Waals surface area contributed by atoms with Crippen molar-refractivity contribution in [3.05, 3.63) is 70.9 Å². The van der Waals surface area contributed by atoms with Crippen LogP contribution in [0.3, 0.4) is 0 Å². The molecule has 0 saturated heterocycles. The predicted octanol–water partition coefficient (Wildman–Crippen LogP) is 4.37. The van der Waals surface area contributed by atoms with Gasteiger partial charge in [0.1, 0.15) is 0 Å². The van der Waals surface area contributed by atoms with Crippen molar-refractivity contribution in [3.8, 4) is 11.4 Å². The highest BCUT2D eigenvalue weighted by Gasteiger charge is 2.16. The fourth-order valence-corrected chi connectivity index (χ4v) is 2.38. The second-order valence-electron chi connectivity index (χ2n) is 4.54. The van der Waals surface area contributed by atoms with Gasteiger partial charge in [-0.25, -0.2) is 0 Å². The monoisotopic (exact) mass is 263 g/mol. The molecule has 1 atom stereocenters. The Morgan fingerprint density at radius 2 is 2.10 bits per heavy atom. The largest absolute Gasteiger partial charge is 0.315 e. The molecule has 5 heteroatoms. The highest BCUT2D eigenvalue weighted by molar-refractivity contribution is 5.70. The first-order chi connectivity index (χ1) is 9.81. The molecule has 0 saturated carbocycles. The Labute approximate surface area is 116 Å². The molecule has 0 aromatic carbocycles. The topological polar surface area (TPSA) is 66.1 Å². The average Bonchev–Trinajstić information content (AvgIpc) is 2.88. The Bertz CT molecular complexity index is 784. The smallest absolute Gasteiger partial charge is 0.0872 e. The van der Waals surface area contributed by atoms with Gasteiger partial charge >= 0.3 is 0 Å². The average molecular weight is 263 g/mol. The maximum Gasteiger partial charge on any atom is 0.0872 e. The van der Waals surface area contributed by atoms with E-state index in [9.17, 15) is 0 Å². The van der Waals surface area contributed by atoms with E-state index in [-0.39, 0.29) is 6.04 Å². The minimum absolute atomic E-state index is 0.239. The van der Waals surface area contributed by atoms with E-state index in [0.29, 0.717) is 0 Å². The van der Waals surface area contributed by atoms with E-state index in [1.54, 1.807) is 6.20 Å². The first kappa shape index (κ1) is 12.3. The van der Waals surface area contributed by atoms with Gasteiger partial charge in [0.25, 0.3) is 0 Å². The van der Waals surface area contributed by atoms with E-state index in [0.717, 1.165) is 22.5 Å². The van der Waals surface area contributed by atoms with Crippen LogP contribution < -0.4 is 0 Å². The third-order valence-electron chi connectivity index (χ3n) is 3.29. The van der Waals surface area contributed by atoms with Crippen molar-refractivity contribution in [1.29, 1.82) is 0 Å². The number of hydrogen-bond donors (Lipinski definition) is 0. The van der Waals surface area contributed by atoms with Crippen molar-refractivity contribution in [2.45, 2.75) is 13.0 Å². The summed E-state index contributed by atoms with van der Waals surface area (Å²) >= 11 is 0. The molecule has 3 rings (SSSR count). The molecule has 98 valence electrons. The van der Waals surface area contributed by atoms with Crippen LogP contribution in [-0.2, 0) is 0 Å². The zero-order valence-electron chi connectivity index (χ0n) is 11.0. The molecule has 0 amide bonds. The lowest BCUT2D eigenvalue weighted by atomic mass is 10.1. The van der Waals surface area contributed by atoms with Crippen LogP contribution in [0.15, 0.2) is 60.0 Å². The summed E-state index contributed by atoms with van der Waals surface area (Å²) in [5, 5.41) is 3.82. The Morgan fingerprint density at radius 1 is 1.25 bits per heavy atom. The van der Waals surface area contributed by atoms with Crippen LogP contribution >= 0.6 is 0 Å². The Morgan fingerprint density at radius 3 is 2.85 bits per heavy atom. The van der Waals surface area contributed by atoms with Gasteiger partial charge in [-0.3, -0.25) is 4.98 Å². The number of rotatable bonds is 3. The fraction of sp³-hybridized carbons (Fsp3) is 0.133. The van der Waals surface area contributed by atoms with Gasteiger partial charge in [0.15, 0.2) is 0 Å². The van der Waals surface area contributed by atoms with Crippen LogP contribution in [0.5, 0.6) is 0 Å². The van der Waals surface area contributed by atoms with E-state index in [1.165, 1.54) is 0 Å². The molecule has 5 nitrogen and oxygen atoms in total. The highest BCUT2D eigenvalue weighted by Crippen LogP contribution is 2.32. The zero-order valence-corrected chi connectivity index (χ0v) is 11.0. The van der Waals surface area contributed by atoms with Crippen molar-refractivity contribution >= 4 is 5.52 Å². The van der Waals surface area contributed by atoms with Gasteiger partial charge in [-0.15, -0.1) is 0 Å². The van der Waals surface area contributed by atoms with Crippen molar-refractivity contribution in [1.82, 2.24) is 9.38 Å². The molecule has 3 aromatic rings. The first-order valence-electron chi connectivity index (χ1n) is 6.37. The predicted molar refractivity (Wildman–Crippen MR) is 78.2 cm³/mol. The number of fused-ring (bicyclic) bond motifs is 1. The summed E-state index contributed by atoms with van der Waals surface area (Å²) in [4.78, 5) is 7.33. The Balaban J connectivity index is 2.32. The molecular formula is C15H13N5. The number of aromatic nitrogens is 2. The summed E-state index contributed by atoms with van der Waals surface area (Å²) in [6.45, 7) is 1.89. The van der Waals surface area contributed by atoms with Gasteiger partial charge in [-0.05, 0) is 41.4 Å². The summed E-state index contributed by atoms with van der Waals surface area (Å²) in [5.41, 5.74) is 12.6. The number of nitrogens with zero attached hydrogens (tertiary/aromatic N) is 5. The normalized spacial score (nSPS) is 12.1. The summed E-state index contributed by atoms with van der Waals surface area (Å²) in [7, 11) is 0. The van der Waals surface area contributed by atoms with Gasteiger partial charge in [-0.1, -0.05) is 24.2 Å². The summed E-state index contributed by atoms with van der Waals surface area (Å²) in [6, 6.07) is 13.6. The molecule has 3 heterocycles. The molecule has 1 unspecified atom stereocenters. The third-order valence-corrected chi connectivity index (χ3v) is 3.29. The molecule has 20 heavy (non-hydrogen) atoms. The van der Waals surface area contributed by atoms with Gasteiger partial charge in [0, 0.05) is 22.8 Å². The minimum atomic E-state index is -0.239. The van der Waals surface area contributed by atoms with Crippen LogP contribution in [0.25, 0.3) is 27.3 Å². The van der Waals surface area contributed by atoms with Gasteiger partial charge in [0.2, 0.25) is 0 Å². The van der Waals surface area contributed by atoms with Crippen LogP contribution in [0.4, 0.5) is 0 Å². The first-order valence-corrected chi connectivity index (χ1v) is 6.37. The molecular weight excluding hydrogens is 250 g/mol. The molecule has 0 fully saturated rings. The number of pyridine rings is 2. The van der Waals surface area contributed by atoms with Crippen molar-refractivity contribution in [3.63, 3.8) is 0 Å². The van der Waals surface area contributed by atoms with Crippen LogP contribution in [0.2, 0.25) is 0 Å². The van der Waals surface area contributed by atoms with Gasteiger partial charge in [0.05, 0.1) is 17.4 Å². The zero-order chi connectivity index (χ0) is 13.9. The molecule has 0 aliphatic carbocycles. The maximum atomic E-state index is 8.67. The molecule has 0 bridgehead atoms. The van der Waals surface area contributed by atoms with E-state index >= 15 is 0 Å². The summed E-state index contributed by atoms with van der Waals surface area (Å²) < 4.78 is 2.07. The van der Waals surface area contributed by atoms with Crippen molar-refractivity contribution in [2.24, 2.45) is 5.11 Å². The molecule has 0 aliphatic heterocycles. The minimum Gasteiger partial charge on any atom is -0.315 e. The van der Waals surface area contributed by atoms with Crippen LogP contribution in [0, 0.1) is 0 Å². The van der Waals surface area contributed by atoms with Crippen LogP contribution in [-0.4, -0.2) is 9.38 Å². The molecule has 0 aliphatic rings. The Hall–Kier alpha value is -2.78. The lowest BCUT2D eigenvalue weighted by Crippen LogP contribution is -1.95. The third kappa shape index (κ3) is 2.00. The highest BCUT2D eigenvalue weighted by atomic mass is 15.1. The molecule has 3 aromatic heterocycles. The maximum absolute atomic E-state index is 8.67. The summed E-state index contributed by atoms with van der Waals surface area (Å²) in [6.07, 6.45) is 3.76. The standard InChI is InChI=1S/C15H13N5/c1-11(18-19-16)13-10-12-6-3-5-9-20(12)15(13)14-7-2-4-8-17-14/h2-11H,1H3. The van der Waals surface area contributed by atoms with Gasteiger partial charge < -0.3 is 4.40 Å². The van der Waals surface area contributed by atoms with Gasteiger partial charge in [-0.2, -0.15) is 0 Å². The number of azide groups is 1. The number of hydrogen-bond acceptors (Lipinski definition) is 2. The second-order valence-corrected chi connectivity index (χ2v) is 4.54. The van der Waals surface area contributed by atoms with E-state index in [2.05, 4.69) is 19.4 Å². The SMILES string of the molecule is CC(N=[N+]=[N-])c1cc2ccccn2c1-c1ccccn1. The molecule has 0 N–H and O–H groups in total. The lowest BCUT2D eigenvalue weighted by Gasteiger charge is -2.08. The van der Waals surface area contributed by atoms with Crippen molar-refractivity contribution in [2.75, 3.05) is 0 Å². The Kier molecular flexibility index (Phi) is 3.11. The lowest BCUT2D eigenvalue weighted by molar-refractivity contribution is 0.809. The fourth-order valence-electron chi connectivity index (χ4n) is 2.38.